The van der Waals surface area contributed by atoms with Crippen LogP contribution in [-0.4, -0.2) is 48.3 Å². The van der Waals surface area contributed by atoms with Crippen LogP contribution in [-0.2, 0) is 11.2 Å². The van der Waals surface area contributed by atoms with Gasteiger partial charge in [-0.05, 0) is 31.0 Å². The number of nitrogens with one attached hydrogen (secondary N) is 2. The van der Waals surface area contributed by atoms with E-state index in [-0.39, 0.29) is 29.3 Å². The number of benzene rings is 1. The summed E-state index contributed by atoms with van der Waals surface area (Å²) in [6.45, 7) is 2.56. The molecule has 0 saturated heterocycles. The molecule has 2 aromatic heterocycles. The fraction of sp³-hybridized carbons (Fsp3) is 0.292. The molecule has 3 aromatic rings. The molecule has 180 valence electrons. The summed E-state index contributed by atoms with van der Waals surface area (Å²) in [5.41, 5.74) is 13.1. The van der Waals surface area contributed by atoms with Crippen molar-refractivity contribution in [3.8, 4) is 5.88 Å². The summed E-state index contributed by atoms with van der Waals surface area (Å²) in [6.07, 6.45) is 2.09. The third kappa shape index (κ3) is 6.87. The number of halogens is 1. The van der Waals surface area contributed by atoms with Crippen LogP contribution in [0, 0.1) is 5.82 Å². The first-order chi connectivity index (χ1) is 16.4. The summed E-state index contributed by atoms with van der Waals surface area (Å²) < 4.78 is 25.4. The Bertz CT molecular complexity index is 1100. The first kappa shape index (κ1) is 24.9. The first-order valence-electron chi connectivity index (χ1n) is 10.8. The van der Waals surface area contributed by atoms with E-state index in [9.17, 15) is 9.18 Å². The van der Waals surface area contributed by atoms with Crippen molar-refractivity contribution in [3.63, 3.8) is 0 Å². The highest BCUT2D eigenvalue weighted by molar-refractivity contribution is 5.98. The predicted octanol–water partition coefficient (Wildman–Crippen LogP) is 2.85. The van der Waals surface area contributed by atoms with Crippen LogP contribution in [0.4, 0.5) is 21.7 Å². The Balaban J connectivity index is 1.86. The molecule has 0 radical (unpaired) electrons. The van der Waals surface area contributed by atoms with Crippen molar-refractivity contribution in [1.29, 1.82) is 0 Å². The molecule has 1 aromatic carbocycles. The lowest BCUT2D eigenvalue weighted by Gasteiger charge is -2.24. The van der Waals surface area contributed by atoms with Gasteiger partial charge in [0.2, 0.25) is 5.88 Å². The first-order valence-corrected chi connectivity index (χ1v) is 10.8. The molecule has 34 heavy (non-hydrogen) atoms. The zero-order valence-electron chi connectivity index (χ0n) is 19.1. The Labute approximate surface area is 197 Å². The number of amides is 1. The minimum Gasteiger partial charge on any atom is -0.475 e. The fourth-order valence-corrected chi connectivity index (χ4v) is 3.22. The highest BCUT2D eigenvalue weighted by Gasteiger charge is 2.21. The molecule has 0 saturated carbocycles. The molecular formula is C24H29FN6O3. The van der Waals surface area contributed by atoms with E-state index in [4.69, 9.17) is 20.9 Å². The number of pyridine rings is 2. The van der Waals surface area contributed by atoms with Crippen LogP contribution in [0.2, 0.25) is 0 Å². The van der Waals surface area contributed by atoms with Crippen molar-refractivity contribution in [2.24, 2.45) is 11.5 Å². The molecule has 0 fully saturated rings. The normalized spacial score (nSPS) is 12.6. The highest BCUT2D eigenvalue weighted by atomic mass is 19.1. The van der Waals surface area contributed by atoms with E-state index in [0.717, 1.165) is 11.6 Å². The van der Waals surface area contributed by atoms with Gasteiger partial charge in [-0.25, -0.2) is 14.4 Å². The molecule has 6 N–H and O–H groups in total. The summed E-state index contributed by atoms with van der Waals surface area (Å²) in [5.74, 6) is -1.14. The van der Waals surface area contributed by atoms with Gasteiger partial charge in [0.15, 0.2) is 11.6 Å². The molecule has 10 heteroatoms. The number of rotatable bonds is 12. The molecule has 2 atom stereocenters. The predicted molar refractivity (Wildman–Crippen MR) is 129 cm³/mol. The molecule has 1 amide bonds. The summed E-state index contributed by atoms with van der Waals surface area (Å²) >= 11 is 0. The van der Waals surface area contributed by atoms with Gasteiger partial charge in [0.05, 0.1) is 12.2 Å². The minimum atomic E-state index is -0.820. The quantitative estimate of drug-likeness (QED) is 0.298. The maximum Gasteiger partial charge on any atom is 0.252 e. The number of methoxy groups -OCH3 is 1. The average Bonchev–Trinajstić information content (AvgIpc) is 2.81. The van der Waals surface area contributed by atoms with Gasteiger partial charge in [-0.3, -0.25) is 4.79 Å². The maximum absolute atomic E-state index is 14.9. The Hall–Kier alpha value is -3.76. The van der Waals surface area contributed by atoms with Crippen molar-refractivity contribution in [2.45, 2.75) is 25.4 Å². The van der Waals surface area contributed by atoms with Crippen LogP contribution < -0.4 is 26.8 Å². The van der Waals surface area contributed by atoms with E-state index in [1.54, 1.807) is 19.2 Å². The zero-order valence-corrected chi connectivity index (χ0v) is 19.1. The summed E-state index contributed by atoms with van der Waals surface area (Å²) in [4.78, 5) is 20.4. The van der Waals surface area contributed by atoms with Gasteiger partial charge in [0.25, 0.3) is 5.91 Å². The van der Waals surface area contributed by atoms with E-state index in [1.165, 1.54) is 6.20 Å². The number of nitrogens with two attached hydrogens (primary N) is 2. The van der Waals surface area contributed by atoms with Crippen molar-refractivity contribution in [3.05, 3.63) is 71.7 Å². The molecule has 9 nitrogen and oxygen atoms in total. The Morgan fingerprint density at radius 3 is 2.59 bits per heavy atom. The molecule has 0 spiro atoms. The van der Waals surface area contributed by atoms with E-state index in [1.807, 2.05) is 37.3 Å². The molecular weight excluding hydrogens is 439 g/mol. The summed E-state index contributed by atoms with van der Waals surface area (Å²) in [6, 6.07) is 13.4. The van der Waals surface area contributed by atoms with E-state index in [0.29, 0.717) is 31.2 Å². The van der Waals surface area contributed by atoms with Crippen molar-refractivity contribution in [2.75, 3.05) is 31.0 Å². The summed E-state index contributed by atoms with van der Waals surface area (Å²) in [7, 11) is 1.57. The Morgan fingerprint density at radius 2 is 1.91 bits per heavy atom. The summed E-state index contributed by atoms with van der Waals surface area (Å²) in [5, 5.41) is 6.08. The van der Waals surface area contributed by atoms with Gasteiger partial charge in [-0.15, -0.1) is 0 Å². The van der Waals surface area contributed by atoms with Gasteiger partial charge >= 0.3 is 0 Å². The fourth-order valence-electron chi connectivity index (χ4n) is 3.22. The number of carbonyl (C=O) groups excluding carboxylic acids is 1. The molecule has 0 aliphatic rings. The minimum absolute atomic E-state index is 0.0450. The molecule has 0 bridgehead atoms. The van der Waals surface area contributed by atoms with Crippen molar-refractivity contribution < 1.29 is 18.7 Å². The molecule has 3 rings (SSSR count). The van der Waals surface area contributed by atoms with Gasteiger partial charge in [0.1, 0.15) is 12.4 Å². The second kappa shape index (κ2) is 11.9. The molecule has 0 aliphatic carbocycles. The molecule has 0 aliphatic heterocycles. The number of aromatic nitrogens is 2. The average molecular weight is 469 g/mol. The number of ether oxygens (including phenoxy) is 2. The third-order valence-corrected chi connectivity index (χ3v) is 5.03. The third-order valence-electron chi connectivity index (χ3n) is 5.03. The van der Waals surface area contributed by atoms with Gasteiger partial charge in [-0.1, -0.05) is 30.3 Å². The van der Waals surface area contributed by atoms with Crippen LogP contribution >= 0.6 is 0 Å². The van der Waals surface area contributed by atoms with Gasteiger partial charge < -0.3 is 31.6 Å². The maximum atomic E-state index is 14.9. The van der Waals surface area contributed by atoms with Gasteiger partial charge in [0, 0.05) is 37.1 Å². The number of carbonyl (C=O) groups is 1. The van der Waals surface area contributed by atoms with E-state index >= 15 is 0 Å². The van der Waals surface area contributed by atoms with Crippen LogP contribution in [0.1, 0.15) is 22.8 Å². The van der Waals surface area contributed by atoms with E-state index in [2.05, 4.69) is 20.6 Å². The number of nitrogens with zero attached hydrogens (tertiary/aromatic N) is 2. The lowest BCUT2D eigenvalue weighted by molar-refractivity contribution is 0.100. The van der Waals surface area contributed by atoms with Crippen LogP contribution in [0.15, 0.2) is 54.7 Å². The van der Waals surface area contributed by atoms with Gasteiger partial charge in [-0.2, -0.15) is 0 Å². The van der Waals surface area contributed by atoms with E-state index < -0.39 is 11.7 Å². The van der Waals surface area contributed by atoms with Crippen molar-refractivity contribution >= 4 is 23.2 Å². The SMILES string of the molecule is COCCOc1cc(Nc2nc(N[C@H](Cc3ccccc3)[C@H](C)N)c(F)cc2C(N)=O)ccn1. The number of anilines is 3. The number of primary amides is 1. The Kier molecular flexibility index (Phi) is 8.72. The van der Waals surface area contributed by atoms with Crippen LogP contribution in [0.3, 0.4) is 0 Å². The number of hydrogen-bond acceptors (Lipinski definition) is 8. The zero-order chi connectivity index (χ0) is 24.5. The lowest BCUT2D eigenvalue weighted by atomic mass is 10.0. The lowest BCUT2D eigenvalue weighted by Crippen LogP contribution is -2.40. The Morgan fingerprint density at radius 1 is 1.15 bits per heavy atom. The topological polar surface area (TPSA) is 137 Å². The second-order valence-electron chi connectivity index (χ2n) is 7.73. The molecule has 2 heterocycles. The van der Waals surface area contributed by atoms with Crippen LogP contribution in [0.25, 0.3) is 0 Å². The number of hydrogen-bond donors (Lipinski definition) is 4. The smallest absolute Gasteiger partial charge is 0.252 e. The largest absolute Gasteiger partial charge is 0.475 e. The van der Waals surface area contributed by atoms with Crippen LogP contribution in [0.5, 0.6) is 5.88 Å². The standard InChI is InChI=1S/C24H29FN6O3/c1-15(26)20(12-16-6-4-3-5-7-16)30-24-19(25)14-18(22(27)32)23(31-24)29-17-8-9-28-21(13-17)34-11-10-33-2/h3-9,13-15,20H,10-12,26H2,1-2H3,(H2,27,32)(H2,28,29,30,31)/t15-,20+/m0/s1. The highest BCUT2D eigenvalue weighted by Crippen LogP contribution is 2.26. The monoisotopic (exact) mass is 468 g/mol. The van der Waals surface area contributed by atoms with Crippen molar-refractivity contribution in [1.82, 2.24) is 9.97 Å². The second-order valence-corrected chi connectivity index (χ2v) is 7.73. The molecule has 0 unspecified atom stereocenters.